The first-order valence-electron chi connectivity index (χ1n) is 6.07. The van der Waals surface area contributed by atoms with Crippen LogP contribution in [0, 0.1) is 13.8 Å². The zero-order chi connectivity index (χ0) is 11.4. The van der Waals surface area contributed by atoms with Gasteiger partial charge in [0.2, 0.25) is 5.89 Å². The third kappa shape index (κ3) is 2.95. The molecule has 1 heterocycles. The molecule has 1 aliphatic rings. The highest BCUT2D eigenvalue weighted by atomic mass is 16.4. The minimum atomic E-state index is 0.738. The molecule has 1 aromatic rings. The Morgan fingerprint density at radius 1 is 1.44 bits per heavy atom. The molecule has 0 aromatic carbocycles. The first-order valence-corrected chi connectivity index (χ1v) is 6.07. The fraction of sp³-hybridized carbons (Fsp3) is 0.615. The molecule has 1 aliphatic carbocycles. The highest BCUT2D eigenvalue weighted by Crippen LogP contribution is 2.19. The van der Waals surface area contributed by atoms with E-state index in [1.54, 1.807) is 5.57 Å². The maximum absolute atomic E-state index is 5.50. The van der Waals surface area contributed by atoms with Gasteiger partial charge in [-0.1, -0.05) is 11.6 Å². The lowest BCUT2D eigenvalue weighted by molar-refractivity contribution is 0.449. The number of hydrogen-bond acceptors (Lipinski definition) is 3. The summed E-state index contributed by atoms with van der Waals surface area (Å²) in [6, 6.07) is 0. The molecule has 0 fully saturated rings. The van der Waals surface area contributed by atoms with Crippen LogP contribution in [0.2, 0.25) is 0 Å². The first-order chi connectivity index (χ1) is 7.75. The predicted molar refractivity (Wildman–Crippen MR) is 64.2 cm³/mol. The molecule has 2 rings (SSSR count). The molecule has 1 N–H and O–H groups in total. The standard InChI is InChI=1S/C13H20N2O/c1-10-11(2)16-13(15-10)9-14-8-7-12-5-3-4-6-12/h5,14H,3-4,6-9H2,1-2H3. The van der Waals surface area contributed by atoms with Crippen molar-refractivity contribution in [3.63, 3.8) is 0 Å². The van der Waals surface area contributed by atoms with Gasteiger partial charge in [0.15, 0.2) is 0 Å². The third-order valence-corrected chi connectivity index (χ3v) is 3.11. The number of aryl methyl sites for hydroxylation is 2. The van der Waals surface area contributed by atoms with Crippen molar-refractivity contribution >= 4 is 0 Å². The third-order valence-electron chi connectivity index (χ3n) is 3.11. The molecule has 0 radical (unpaired) electrons. The summed E-state index contributed by atoms with van der Waals surface area (Å²) < 4.78 is 5.50. The molecule has 0 spiro atoms. The van der Waals surface area contributed by atoms with Gasteiger partial charge < -0.3 is 9.73 Å². The van der Waals surface area contributed by atoms with Crippen LogP contribution >= 0.6 is 0 Å². The Labute approximate surface area is 96.9 Å². The summed E-state index contributed by atoms with van der Waals surface area (Å²) in [5, 5.41) is 3.37. The maximum Gasteiger partial charge on any atom is 0.208 e. The fourth-order valence-electron chi connectivity index (χ4n) is 2.02. The molecule has 0 saturated carbocycles. The van der Waals surface area contributed by atoms with E-state index in [4.69, 9.17) is 4.42 Å². The summed E-state index contributed by atoms with van der Waals surface area (Å²) in [7, 11) is 0. The second-order valence-corrected chi connectivity index (χ2v) is 4.43. The smallest absolute Gasteiger partial charge is 0.208 e. The molecular weight excluding hydrogens is 200 g/mol. The van der Waals surface area contributed by atoms with Crippen molar-refractivity contribution < 1.29 is 4.42 Å². The van der Waals surface area contributed by atoms with Crippen molar-refractivity contribution in [2.75, 3.05) is 6.54 Å². The molecule has 0 atom stereocenters. The number of nitrogens with one attached hydrogen (secondary N) is 1. The van der Waals surface area contributed by atoms with Crippen molar-refractivity contribution in [1.82, 2.24) is 10.3 Å². The van der Waals surface area contributed by atoms with Gasteiger partial charge in [0.05, 0.1) is 12.2 Å². The number of allylic oxidation sites excluding steroid dienone is 1. The largest absolute Gasteiger partial charge is 0.444 e. The van der Waals surface area contributed by atoms with Crippen LogP contribution in [0.25, 0.3) is 0 Å². The summed E-state index contributed by atoms with van der Waals surface area (Å²) in [5.41, 5.74) is 2.60. The molecule has 0 bridgehead atoms. The molecule has 3 nitrogen and oxygen atoms in total. The van der Waals surface area contributed by atoms with E-state index in [1.807, 2.05) is 13.8 Å². The van der Waals surface area contributed by atoms with Crippen LogP contribution in [-0.2, 0) is 6.54 Å². The van der Waals surface area contributed by atoms with Gasteiger partial charge in [0.25, 0.3) is 0 Å². The molecule has 3 heteroatoms. The average molecular weight is 220 g/mol. The van der Waals surface area contributed by atoms with Crippen molar-refractivity contribution in [2.24, 2.45) is 0 Å². The zero-order valence-corrected chi connectivity index (χ0v) is 10.2. The summed E-state index contributed by atoms with van der Waals surface area (Å²) in [5.74, 6) is 1.73. The molecule has 1 aromatic heterocycles. The monoisotopic (exact) mass is 220 g/mol. The fourth-order valence-corrected chi connectivity index (χ4v) is 2.02. The predicted octanol–water partition coefficient (Wildman–Crippen LogP) is 2.88. The summed E-state index contributed by atoms with van der Waals surface area (Å²) in [6.07, 6.45) is 7.44. The second-order valence-electron chi connectivity index (χ2n) is 4.43. The minimum Gasteiger partial charge on any atom is -0.444 e. The van der Waals surface area contributed by atoms with Crippen molar-refractivity contribution in [1.29, 1.82) is 0 Å². The van der Waals surface area contributed by atoms with Crippen LogP contribution < -0.4 is 5.32 Å². The Morgan fingerprint density at radius 3 is 2.94 bits per heavy atom. The van der Waals surface area contributed by atoms with Gasteiger partial charge >= 0.3 is 0 Å². The minimum absolute atomic E-state index is 0.738. The van der Waals surface area contributed by atoms with E-state index < -0.39 is 0 Å². The SMILES string of the molecule is Cc1nc(CNCCC2=CCCC2)oc1C. The number of rotatable bonds is 5. The molecule has 0 unspecified atom stereocenters. The van der Waals surface area contributed by atoms with E-state index in [0.717, 1.165) is 30.4 Å². The van der Waals surface area contributed by atoms with E-state index in [9.17, 15) is 0 Å². The Morgan fingerprint density at radius 2 is 2.31 bits per heavy atom. The Hall–Kier alpha value is -1.09. The van der Waals surface area contributed by atoms with Gasteiger partial charge in [-0.25, -0.2) is 4.98 Å². The quantitative estimate of drug-likeness (QED) is 0.612. The summed E-state index contributed by atoms with van der Waals surface area (Å²) in [4.78, 5) is 4.34. The highest BCUT2D eigenvalue weighted by Gasteiger charge is 2.06. The van der Waals surface area contributed by atoms with E-state index in [2.05, 4.69) is 16.4 Å². The van der Waals surface area contributed by atoms with Gasteiger partial charge in [-0.2, -0.15) is 0 Å². The molecule has 0 aliphatic heterocycles. The van der Waals surface area contributed by atoms with Crippen LogP contribution in [0.3, 0.4) is 0 Å². The summed E-state index contributed by atoms with van der Waals surface area (Å²) >= 11 is 0. The van der Waals surface area contributed by atoms with E-state index in [-0.39, 0.29) is 0 Å². The number of hydrogen-bond donors (Lipinski definition) is 1. The molecule has 16 heavy (non-hydrogen) atoms. The first kappa shape index (κ1) is 11.4. The molecular formula is C13H20N2O. The van der Waals surface area contributed by atoms with Gasteiger partial charge in [-0.05, 0) is 46.1 Å². The Balaban J connectivity index is 1.67. The van der Waals surface area contributed by atoms with Crippen LogP contribution in [0.1, 0.15) is 43.0 Å². The van der Waals surface area contributed by atoms with Gasteiger partial charge in [-0.15, -0.1) is 0 Å². The topological polar surface area (TPSA) is 38.1 Å². The van der Waals surface area contributed by atoms with Gasteiger partial charge in [-0.3, -0.25) is 0 Å². The van der Waals surface area contributed by atoms with E-state index >= 15 is 0 Å². The van der Waals surface area contributed by atoms with Gasteiger partial charge in [0.1, 0.15) is 5.76 Å². The normalized spacial score (nSPS) is 15.5. The lowest BCUT2D eigenvalue weighted by atomic mass is 10.2. The van der Waals surface area contributed by atoms with Crippen LogP contribution in [0.5, 0.6) is 0 Å². The highest BCUT2D eigenvalue weighted by molar-refractivity contribution is 5.08. The zero-order valence-electron chi connectivity index (χ0n) is 10.2. The lowest BCUT2D eigenvalue weighted by Crippen LogP contribution is -2.15. The molecule has 0 amide bonds. The van der Waals surface area contributed by atoms with Crippen LogP contribution in [0.4, 0.5) is 0 Å². The van der Waals surface area contributed by atoms with Crippen LogP contribution in [-0.4, -0.2) is 11.5 Å². The van der Waals surface area contributed by atoms with Crippen molar-refractivity contribution in [3.05, 3.63) is 29.0 Å². The second kappa shape index (κ2) is 5.30. The maximum atomic E-state index is 5.50. The average Bonchev–Trinajstić information content (AvgIpc) is 2.85. The molecule has 88 valence electrons. The van der Waals surface area contributed by atoms with Crippen LogP contribution in [0.15, 0.2) is 16.1 Å². The summed E-state index contributed by atoms with van der Waals surface area (Å²) in [6.45, 7) is 5.69. The number of nitrogens with zero attached hydrogens (tertiary/aromatic N) is 1. The molecule has 0 saturated heterocycles. The van der Waals surface area contributed by atoms with Crippen molar-refractivity contribution in [3.8, 4) is 0 Å². The van der Waals surface area contributed by atoms with Crippen molar-refractivity contribution in [2.45, 2.75) is 46.1 Å². The van der Waals surface area contributed by atoms with E-state index in [1.165, 1.54) is 25.7 Å². The Kier molecular flexibility index (Phi) is 3.78. The van der Waals surface area contributed by atoms with E-state index in [0.29, 0.717) is 0 Å². The van der Waals surface area contributed by atoms with Gasteiger partial charge in [0, 0.05) is 0 Å². The Bertz CT molecular complexity index is 360. The lowest BCUT2D eigenvalue weighted by Gasteiger charge is -2.02. The number of aromatic nitrogens is 1. The number of oxazole rings is 1.